The number of hydrogen-bond donors (Lipinski definition) is 4. The summed E-state index contributed by atoms with van der Waals surface area (Å²) in [4.78, 5) is 24.6. The molecule has 320 valence electrons. The Morgan fingerprint density at radius 3 is 1.22 bits per heavy atom. The number of nitrogens with one attached hydrogen (secondary N) is 2. The molecular formula is C38H40N4O14S4. The molecule has 0 atom stereocenters. The van der Waals surface area contributed by atoms with Gasteiger partial charge in [0.15, 0.2) is 0 Å². The fraction of sp³-hybridized carbons (Fsp3) is 0.263. The van der Waals surface area contributed by atoms with E-state index in [1.807, 2.05) is 0 Å². The van der Waals surface area contributed by atoms with E-state index < -0.39 is 61.9 Å². The molecule has 0 radical (unpaired) electrons. The third kappa shape index (κ3) is 9.10. The zero-order chi connectivity index (χ0) is 43.8. The van der Waals surface area contributed by atoms with Crippen molar-refractivity contribution in [1.82, 2.24) is 8.61 Å². The third-order valence-electron chi connectivity index (χ3n) is 9.90. The van der Waals surface area contributed by atoms with Crippen LogP contribution in [0.1, 0.15) is 57.5 Å². The van der Waals surface area contributed by atoms with E-state index in [9.17, 15) is 52.4 Å². The Labute approximate surface area is 347 Å². The number of carbonyl (C=O) groups is 2. The van der Waals surface area contributed by atoms with Crippen molar-refractivity contribution in [2.45, 2.75) is 45.3 Å². The van der Waals surface area contributed by atoms with Crippen LogP contribution in [-0.2, 0) is 40.3 Å². The molecule has 2 saturated heterocycles. The number of nitrogens with zero attached hydrogens (tertiary/aromatic N) is 2. The minimum Gasteiger partial charge on any atom is -0.495 e. The quantitative estimate of drug-likeness (QED) is 0.129. The van der Waals surface area contributed by atoms with Gasteiger partial charge >= 0.3 is 0 Å². The van der Waals surface area contributed by atoms with Crippen LogP contribution in [0.2, 0.25) is 0 Å². The van der Waals surface area contributed by atoms with E-state index in [-0.39, 0.29) is 60.5 Å². The van der Waals surface area contributed by atoms with E-state index in [0.717, 1.165) is 36.4 Å². The number of hydrogen-bond acceptors (Lipinski definition) is 12. The summed E-state index contributed by atoms with van der Waals surface area (Å²) in [5.41, 5.74) is -1.61. The summed E-state index contributed by atoms with van der Waals surface area (Å²) in [5.74, 6) is -1.69. The first kappa shape index (κ1) is 44.4. The van der Waals surface area contributed by atoms with Crippen molar-refractivity contribution in [3.8, 4) is 11.5 Å². The molecule has 0 aromatic heterocycles. The van der Waals surface area contributed by atoms with E-state index in [4.69, 9.17) is 9.47 Å². The lowest BCUT2D eigenvalue weighted by Gasteiger charge is -2.19. The van der Waals surface area contributed by atoms with Gasteiger partial charge in [-0.25, -0.2) is 16.8 Å². The summed E-state index contributed by atoms with van der Waals surface area (Å²) < 4.78 is 138. The SMILES string of the molecule is C=C(c1ccc(NC(=O)c2ccc(OC)c(S(=O)(=O)N3CCCC3)c2)cc1S(=O)(=O)O)c1ccc(NC(=O)c2ccc(OC)c(S(=O)(=O)N3CCCC3)c2)cc1S(=O)(=O)O. The average molecular weight is 905 g/mol. The van der Waals surface area contributed by atoms with Crippen molar-refractivity contribution in [1.29, 1.82) is 0 Å². The monoisotopic (exact) mass is 904 g/mol. The number of rotatable bonds is 14. The minimum atomic E-state index is -5.12. The van der Waals surface area contributed by atoms with E-state index >= 15 is 0 Å². The van der Waals surface area contributed by atoms with Crippen molar-refractivity contribution >= 4 is 69.0 Å². The molecule has 2 fully saturated rings. The number of ether oxygens (including phenoxy) is 2. The van der Waals surface area contributed by atoms with Crippen LogP contribution in [0, 0.1) is 0 Å². The molecule has 0 unspecified atom stereocenters. The Balaban J connectivity index is 1.28. The summed E-state index contributed by atoms with van der Waals surface area (Å²) in [6, 6.07) is 13.8. The first-order valence-electron chi connectivity index (χ1n) is 18.1. The summed E-state index contributed by atoms with van der Waals surface area (Å²) in [6.07, 6.45) is 2.68. The van der Waals surface area contributed by atoms with Crippen molar-refractivity contribution in [2.24, 2.45) is 0 Å². The first-order valence-corrected chi connectivity index (χ1v) is 23.8. The summed E-state index contributed by atoms with van der Waals surface area (Å²) in [6.45, 7) is 5.00. The summed E-state index contributed by atoms with van der Waals surface area (Å²) in [5, 5.41) is 4.91. The van der Waals surface area contributed by atoms with Gasteiger partial charge in [-0.1, -0.05) is 18.7 Å². The largest absolute Gasteiger partial charge is 0.495 e. The maximum Gasteiger partial charge on any atom is 0.295 e. The standard InChI is InChI=1S/C38H40N4O14S4/c1-24(29-12-10-27(22-33(29)59(49,50)51)39-37(43)25-8-14-31(55-2)35(20-25)57(45,46)41-16-4-5-17-41)30-13-11-28(23-34(30)60(52,53)54)40-38(44)26-9-15-32(56-3)36(21-26)58(47,48)42-18-6-7-19-42/h8-15,20-23H,1,4-7,16-19H2,2-3H3,(H,39,43)(H,40,44)(H,49,50,51)(H,52,53,54). The topological polar surface area (TPSA) is 260 Å². The molecule has 2 amide bonds. The highest BCUT2D eigenvalue weighted by Crippen LogP contribution is 2.36. The molecule has 22 heteroatoms. The van der Waals surface area contributed by atoms with Gasteiger partial charge < -0.3 is 20.1 Å². The van der Waals surface area contributed by atoms with Crippen LogP contribution in [-0.4, -0.2) is 104 Å². The van der Waals surface area contributed by atoms with Gasteiger partial charge in [0.05, 0.1) is 14.2 Å². The fourth-order valence-corrected chi connectivity index (χ4v) is 11.7. The van der Waals surface area contributed by atoms with Gasteiger partial charge in [0.1, 0.15) is 31.1 Å². The molecule has 0 aliphatic carbocycles. The van der Waals surface area contributed by atoms with Crippen LogP contribution in [0.5, 0.6) is 11.5 Å². The van der Waals surface area contributed by atoms with Crippen LogP contribution in [0.15, 0.2) is 99.0 Å². The van der Waals surface area contributed by atoms with Crippen molar-refractivity contribution in [2.75, 3.05) is 51.0 Å². The van der Waals surface area contributed by atoms with Crippen LogP contribution < -0.4 is 20.1 Å². The maximum absolute atomic E-state index is 13.4. The molecule has 18 nitrogen and oxygen atoms in total. The highest BCUT2D eigenvalue weighted by Gasteiger charge is 2.33. The molecule has 0 bridgehead atoms. The lowest BCUT2D eigenvalue weighted by atomic mass is 9.98. The Morgan fingerprint density at radius 1 is 0.550 bits per heavy atom. The van der Waals surface area contributed by atoms with Crippen molar-refractivity contribution in [3.05, 3.63) is 102 Å². The third-order valence-corrected chi connectivity index (χ3v) is 15.5. The number of benzene rings is 4. The predicted molar refractivity (Wildman–Crippen MR) is 219 cm³/mol. The Kier molecular flexibility index (Phi) is 12.6. The zero-order valence-corrected chi connectivity index (χ0v) is 35.4. The van der Waals surface area contributed by atoms with Gasteiger partial charge in [0.25, 0.3) is 32.1 Å². The van der Waals surface area contributed by atoms with E-state index in [0.29, 0.717) is 51.9 Å². The highest BCUT2D eigenvalue weighted by molar-refractivity contribution is 7.89. The second-order valence-corrected chi connectivity index (χ2v) is 20.3. The predicted octanol–water partition coefficient (Wildman–Crippen LogP) is 4.33. The van der Waals surface area contributed by atoms with E-state index in [1.165, 1.54) is 59.2 Å². The number of methoxy groups -OCH3 is 2. The Bertz CT molecular complexity index is 2660. The normalized spacial score (nSPS) is 15.4. The number of sulfonamides is 2. The second kappa shape index (κ2) is 17.0. The lowest BCUT2D eigenvalue weighted by Crippen LogP contribution is -2.28. The summed E-state index contributed by atoms with van der Waals surface area (Å²) >= 11 is 0. The fourth-order valence-electron chi connectivity index (χ4n) is 6.85. The minimum absolute atomic E-state index is 0.00591. The lowest BCUT2D eigenvalue weighted by molar-refractivity contribution is 0.101. The van der Waals surface area contributed by atoms with Gasteiger partial charge in [-0.3, -0.25) is 18.7 Å². The van der Waals surface area contributed by atoms with E-state index in [1.54, 1.807) is 0 Å². The Morgan fingerprint density at radius 2 is 0.900 bits per heavy atom. The molecule has 2 aliphatic rings. The summed E-state index contributed by atoms with van der Waals surface area (Å²) in [7, 11) is -15.7. The molecule has 60 heavy (non-hydrogen) atoms. The van der Waals surface area contributed by atoms with Crippen LogP contribution in [0.3, 0.4) is 0 Å². The Hall–Kier alpha value is -5.20. The number of carbonyl (C=O) groups excluding carboxylic acids is 2. The van der Waals surface area contributed by atoms with Gasteiger partial charge in [0.2, 0.25) is 20.0 Å². The van der Waals surface area contributed by atoms with E-state index in [2.05, 4.69) is 17.2 Å². The van der Waals surface area contributed by atoms with Crippen LogP contribution in [0.25, 0.3) is 5.57 Å². The number of anilines is 2. The molecule has 2 aliphatic heterocycles. The first-order chi connectivity index (χ1) is 28.2. The van der Waals surface area contributed by atoms with Crippen LogP contribution in [0.4, 0.5) is 11.4 Å². The molecule has 0 spiro atoms. The van der Waals surface area contributed by atoms with Gasteiger partial charge in [-0.15, -0.1) is 0 Å². The second-order valence-electron chi connectivity index (χ2n) is 13.7. The van der Waals surface area contributed by atoms with Crippen molar-refractivity contribution in [3.63, 3.8) is 0 Å². The maximum atomic E-state index is 13.4. The van der Waals surface area contributed by atoms with Crippen molar-refractivity contribution < 1.29 is 61.8 Å². The zero-order valence-electron chi connectivity index (χ0n) is 32.1. The van der Waals surface area contributed by atoms with Gasteiger partial charge in [0, 0.05) is 59.8 Å². The molecule has 4 aromatic rings. The van der Waals surface area contributed by atoms with Crippen LogP contribution >= 0.6 is 0 Å². The molecule has 4 aromatic carbocycles. The van der Waals surface area contributed by atoms with Gasteiger partial charge in [-0.2, -0.15) is 25.4 Å². The number of amides is 2. The molecule has 0 saturated carbocycles. The molecule has 2 heterocycles. The molecular weight excluding hydrogens is 865 g/mol. The van der Waals surface area contributed by atoms with Gasteiger partial charge in [-0.05, 0) is 91.9 Å². The smallest absolute Gasteiger partial charge is 0.295 e. The molecule has 4 N–H and O–H groups in total. The highest BCUT2D eigenvalue weighted by atomic mass is 32.2. The molecule has 6 rings (SSSR count). The average Bonchev–Trinajstić information content (AvgIpc) is 3.96.